The smallest absolute Gasteiger partial charge is 0.305 e. The first-order chi connectivity index (χ1) is 9.13. The van der Waals surface area contributed by atoms with Gasteiger partial charge in [0, 0.05) is 5.69 Å². The zero-order valence-electron chi connectivity index (χ0n) is 10.8. The summed E-state index contributed by atoms with van der Waals surface area (Å²) in [5.74, 6) is -1.11. The van der Waals surface area contributed by atoms with Gasteiger partial charge in [-0.1, -0.05) is 25.1 Å². The first-order valence-corrected chi connectivity index (χ1v) is 6.33. The van der Waals surface area contributed by atoms with Crippen LogP contribution in [-0.2, 0) is 20.7 Å². The molecule has 0 aromatic heterocycles. The Bertz CT molecular complexity index is 486. The van der Waals surface area contributed by atoms with Crippen molar-refractivity contribution in [3.8, 4) is 0 Å². The number of carbonyl (C=O) groups is 2. The Morgan fingerprint density at radius 2 is 2.21 bits per heavy atom. The van der Waals surface area contributed by atoms with Crippen LogP contribution in [-0.4, -0.2) is 36.2 Å². The molecule has 1 fully saturated rings. The summed E-state index contributed by atoms with van der Waals surface area (Å²) in [6.45, 7) is 2.28. The summed E-state index contributed by atoms with van der Waals surface area (Å²) >= 11 is 0. The molecule has 1 aromatic carbocycles. The number of amides is 1. The number of benzene rings is 1. The molecule has 1 aliphatic rings. The second-order valence-electron chi connectivity index (χ2n) is 4.51. The molecule has 5 nitrogen and oxygen atoms in total. The normalized spacial score (nSPS) is 19.5. The SMILES string of the molecule is CCc1ccccc1N1C(=O)COCC1CC(=O)O. The van der Waals surface area contributed by atoms with Crippen molar-refractivity contribution >= 4 is 17.6 Å². The molecule has 0 bridgehead atoms. The quantitative estimate of drug-likeness (QED) is 0.893. The summed E-state index contributed by atoms with van der Waals surface area (Å²) in [7, 11) is 0. The van der Waals surface area contributed by atoms with Gasteiger partial charge in [-0.25, -0.2) is 0 Å². The van der Waals surface area contributed by atoms with Crippen LogP contribution in [0.15, 0.2) is 24.3 Å². The molecule has 0 aliphatic carbocycles. The van der Waals surface area contributed by atoms with E-state index in [0.29, 0.717) is 0 Å². The van der Waals surface area contributed by atoms with Crippen molar-refractivity contribution in [1.29, 1.82) is 0 Å². The van der Waals surface area contributed by atoms with Crippen molar-refractivity contribution in [3.05, 3.63) is 29.8 Å². The monoisotopic (exact) mass is 263 g/mol. The van der Waals surface area contributed by atoms with Crippen molar-refractivity contribution in [2.45, 2.75) is 25.8 Å². The van der Waals surface area contributed by atoms with Gasteiger partial charge in [0.25, 0.3) is 5.91 Å². The molecule has 1 aromatic rings. The number of para-hydroxylation sites is 1. The van der Waals surface area contributed by atoms with E-state index in [-0.39, 0.29) is 25.5 Å². The van der Waals surface area contributed by atoms with Gasteiger partial charge in [0.1, 0.15) is 6.61 Å². The second-order valence-corrected chi connectivity index (χ2v) is 4.51. The Morgan fingerprint density at radius 1 is 1.47 bits per heavy atom. The average molecular weight is 263 g/mol. The Morgan fingerprint density at radius 3 is 2.89 bits per heavy atom. The summed E-state index contributed by atoms with van der Waals surface area (Å²) in [5, 5.41) is 8.95. The van der Waals surface area contributed by atoms with Crippen LogP contribution in [0.3, 0.4) is 0 Å². The van der Waals surface area contributed by atoms with Crippen molar-refractivity contribution in [2.75, 3.05) is 18.1 Å². The van der Waals surface area contributed by atoms with Crippen molar-refractivity contribution in [3.63, 3.8) is 0 Å². The fourth-order valence-corrected chi connectivity index (χ4v) is 2.36. The van der Waals surface area contributed by atoms with E-state index in [9.17, 15) is 9.59 Å². The number of morpholine rings is 1. The minimum absolute atomic E-state index is 0.00810. The average Bonchev–Trinajstić information content (AvgIpc) is 2.38. The number of carboxylic acids is 1. The van der Waals surface area contributed by atoms with Crippen LogP contribution in [0.1, 0.15) is 18.9 Å². The van der Waals surface area contributed by atoms with E-state index in [1.165, 1.54) is 0 Å². The minimum Gasteiger partial charge on any atom is -0.481 e. The number of hydrogen-bond donors (Lipinski definition) is 1. The maximum Gasteiger partial charge on any atom is 0.305 e. The molecule has 1 saturated heterocycles. The topological polar surface area (TPSA) is 66.8 Å². The maximum absolute atomic E-state index is 12.1. The predicted molar refractivity (Wildman–Crippen MR) is 70.2 cm³/mol. The Balaban J connectivity index is 2.35. The van der Waals surface area contributed by atoms with E-state index >= 15 is 0 Å². The summed E-state index contributed by atoms with van der Waals surface area (Å²) in [5.41, 5.74) is 1.83. The van der Waals surface area contributed by atoms with Crippen LogP contribution in [0, 0.1) is 0 Å². The molecule has 1 aliphatic heterocycles. The van der Waals surface area contributed by atoms with Gasteiger partial charge in [0.2, 0.25) is 0 Å². The molecule has 1 N–H and O–H groups in total. The van der Waals surface area contributed by atoms with E-state index in [1.807, 2.05) is 31.2 Å². The van der Waals surface area contributed by atoms with Crippen molar-refractivity contribution in [1.82, 2.24) is 0 Å². The van der Waals surface area contributed by atoms with Crippen molar-refractivity contribution < 1.29 is 19.4 Å². The highest BCUT2D eigenvalue weighted by Crippen LogP contribution is 2.26. The molecule has 19 heavy (non-hydrogen) atoms. The molecular formula is C14H17NO4. The summed E-state index contributed by atoms with van der Waals surface area (Å²) in [6, 6.07) is 7.15. The van der Waals surface area contributed by atoms with E-state index in [2.05, 4.69) is 0 Å². The predicted octanol–water partition coefficient (Wildman–Crippen LogP) is 1.46. The Labute approximate surface area is 111 Å². The number of anilines is 1. The largest absolute Gasteiger partial charge is 0.481 e. The third kappa shape index (κ3) is 2.93. The highest BCUT2D eigenvalue weighted by molar-refractivity contribution is 5.96. The lowest BCUT2D eigenvalue weighted by Gasteiger charge is -2.35. The second kappa shape index (κ2) is 5.84. The lowest BCUT2D eigenvalue weighted by molar-refractivity contribution is -0.138. The highest BCUT2D eigenvalue weighted by atomic mass is 16.5. The van der Waals surface area contributed by atoms with Crippen LogP contribution in [0.2, 0.25) is 0 Å². The van der Waals surface area contributed by atoms with E-state index in [1.54, 1.807) is 4.90 Å². The fourth-order valence-electron chi connectivity index (χ4n) is 2.36. The maximum atomic E-state index is 12.1. The molecule has 2 rings (SSSR count). The van der Waals surface area contributed by atoms with Crippen LogP contribution in [0.5, 0.6) is 0 Å². The molecule has 102 valence electrons. The summed E-state index contributed by atoms with van der Waals surface area (Å²) in [6.07, 6.45) is 0.685. The minimum atomic E-state index is -0.928. The number of ether oxygens (including phenoxy) is 1. The molecule has 1 atom stereocenters. The first kappa shape index (κ1) is 13.5. The number of carboxylic acid groups (broad SMARTS) is 1. The Hall–Kier alpha value is -1.88. The number of nitrogens with zero attached hydrogens (tertiary/aromatic N) is 1. The molecule has 1 unspecified atom stereocenters. The van der Waals surface area contributed by atoms with Crippen LogP contribution < -0.4 is 4.90 Å². The van der Waals surface area contributed by atoms with Gasteiger partial charge in [0.05, 0.1) is 19.1 Å². The molecule has 0 radical (unpaired) electrons. The van der Waals surface area contributed by atoms with Gasteiger partial charge >= 0.3 is 5.97 Å². The van der Waals surface area contributed by atoms with E-state index < -0.39 is 12.0 Å². The number of hydrogen-bond acceptors (Lipinski definition) is 3. The molecule has 1 heterocycles. The van der Waals surface area contributed by atoms with Gasteiger partial charge in [-0.15, -0.1) is 0 Å². The van der Waals surface area contributed by atoms with Crippen LogP contribution in [0.4, 0.5) is 5.69 Å². The van der Waals surface area contributed by atoms with Crippen molar-refractivity contribution in [2.24, 2.45) is 0 Å². The van der Waals surface area contributed by atoms with Gasteiger partial charge in [-0.05, 0) is 18.1 Å². The number of aryl methyl sites for hydroxylation is 1. The number of aliphatic carboxylic acids is 1. The van der Waals surface area contributed by atoms with Gasteiger partial charge in [0.15, 0.2) is 0 Å². The number of rotatable bonds is 4. The zero-order valence-corrected chi connectivity index (χ0v) is 10.8. The van der Waals surface area contributed by atoms with Crippen LogP contribution in [0.25, 0.3) is 0 Å². The molecule has 5 heteroatoms. The molecule has 1 amide bonds. The fraction of sp³-hybridized carbons (Fsp3) is 0.429. The standard InChI is InChI=1S/C14H17NO4/c1-2-10-5-3-4-6-12(10)15-11(7-14(17)18)8-19-9-13(15)16/h3-6,11H,2,7-9H2,1H3,(H,17,18). The van der Waals surface area contributed by atoms with E-state index in [0.717, 1.165) is 17.7 Å². The molecule has 0 spiro atoms. The third-order valence-corrected chi connectivity index (χ3v) is 3.21. The number of carbonyl (C=O) groups excluding carboxylic acids is 1. The molecular weight excluding hydrogens is 246 g/mol. The summed E-state index contributed by atoms with van der Waals surface area (Å²) in [4.78, 5) is 24.6. The highest BCUT2D eigenvalue weighted by Gasteiger charge is 2.32. The first-order valence-electron chi connectivity index (χ1n) is 6.33. The Kier molecular flexibility index (Phi) is 4.16. The third-order valence-electron chi connectivity index (χ3n) is 3.21. The molecule has 0 saturated carbocycles. The zero-order chi connectivity index (χ0) is 13.8. The van der Waals surface area contributed by atoms with Gasteiger partial charge < -0.3 is 14.7 Å². The van der Waals surface area contributed by atoms with Gasteiger partial charge in [-0.2, -0.15) is 0 Å². The lowest BCUT2D eigenvalue weighted by Crippen LogP contribution is -2.50. The van der Waals surface area contributed by atoms with E-state index in [4.69, 9.17) is 9.84 Å². The summed E-state index contributed by atoms with van der Waals surface area (Å²) < 4.78 is 5.17. The van der Waals surface area contributed by atoms with Crippen LogP contribution >= 0.6 is 0 Å². The van der Waals surface area contributed by atoms with Gasteiger partial charge in [-0.3, -0.25) is 9.59 Å². The lowest BCUT2D eigenvalue weighted by atomic mass is 10.1.